The average molecular weight is 336 g/mol. The lowest BCUT2D eigenvalue weighted by molar-refractivity contribution is -0.172. The van der Waals surface area contributed by atoms with Gasteiger partial charge >= 0.3 is 0 Å². The number of benzene rings is 1. The highest BCUT2D eigenvalue weighted by Crippen LogP contribution is 2.53. The number of rotatable bonds is 2. The Balaban J connectivity index is 1.80. The number of hydrogen-bond donors (Lipinski definition) is 1. The van der Waals surface area contributed by atoms with E-state index in [0.29, 0.717) is 27.2 Å². The average Bonchev–Trinajstić information content (AvgIpc) is 2.45. The fraction of sp³-hybridized carbons (Fsp3) is 0.600. The van der Waals surface area contributed by atoms with Crippen LogP contribution in [0.3, 0.4) is 0 Å². The van der Waals surface area contributed by atoms with Crippen LogP contribution in [0.5, 0.6) is 5.75 Å². The van der Waals surface area contributed by atoms with Crippen LogP contribution in [0.2, 0.25) is 15.1 Å². The van der Waals surface area contributed by atoms with Gasteiger partial charge in [-0.1, -0.05) is 54.1 Å². The van der Waals surface area contributed by atoms with Gasteiger partial charge in [-0.15, -0.1) is 0 Å². The Morgan fingerprint density at radius 2 is 1.65 bits per heavy atom. The van der Waals surface area contributed by atoms with Gasteiger partial charge in [-0.2, -0.15) is 0 Å². The smallest absolute Gasteiger partial charge is 0.139 e. The van der Waals surface area contributed by atoms with E-state index in [9.17, 15) is 5.11 Å². The first-order chi connectivity index (χ1) is 9.53. The molecule has 0 aromatic heterocycles. The molecule has 0 radical (unpaired) electrons. The molecule has 5 heteroatoms. The fourth-order valence-electron chi connectivity index (χ4n) is 3.50. The third-order valence-electron chi connectivity index (χ3n) is 4.77. The maximum absolute atomic E-state index is 10.2. The lowest BCUT2D eigenvalue weighted by Crippen LogP contribution is -2.60. The molecule has 2 unspecified atom stereocenters. The molecule has 0 amide bonds. The van der Waals surface area contributed by atoms with Crippen LogP contribution in [0, 0.1) is 5.41 Å². The number of aliphatic hydroxyl groups excluding tert-OH is 1. The van der Waals surface area contributed by atoms with Crippen LogP contribution in [-0.2, 0) is 0 Å². The van der Waals surface area contributed by atoms with Gasteiger partial charge in [0.15, 0.2) is 0 Å². The molecule has 2 nitrogen and oxygen atoms in total. The van der Waals surface area contributed by atoms with Gasteiger partial charge in [-0.3, -0.25) is 0 Å². The Morgan fingerprint density at radius 1 is 1.00 bits per heavy atom. The fourth-order valence-corrected chi connectivity index (χ4v) is 4.09. The van der Waals surface area contributed by atoms with Crippen LogP contribution in [0.1, 0.15) is 38.5 Å². The van der Waals surface area contributed by atoms with E-state index in [1.165, 1.54) is 6.42 Å². The monoisotopic (exact) mass is 334 g/mol. The molecular weight excluding hydrogens is 319 g/mol. The molecule has 1 aromatic rings. The van der Waals surface area contributed by atoms with E-state index in [1.54, 1.807) is 12.1 Å². The standard InChI is InChI=1S/C15H17Cl3O2/c16-9-6-11(18)12(7-10(9)17)20-14-8-13(19)15(14)4-2-1-3-5-15/h6-7,13-14,19H,1-5,8H2. The zero-order valence-corrected chi connectivity index (χ0v) is 13.3. The molecule has 0 heterocycles. The molecule has 2 saturated carbocycles. The van der Waals surface area contributed by atoms with E-state index in [0.717, 1.165) is 25.7 Å². The Morgan fingerprint density at radius 3 is 2.30 bits per heavy atom. The van der Waals surface area contributed by atoms with Crippen molar-refractivity contribution in [2.75, 3.05) is 0 Å². The highest BCUT2D eigenvalue weighted by atomic mass is 35.5. The van der Waals surface area contributed by atoms with Crippen molar-refractivity contribution in [2.45, 2.75) is 50.7 Å². The van der Waals surface area contributed by atoms with Gasteiger partial charge in [-0.05, 0) is 18.9 Å². The maximum Gasteiger partial charge on any atom is 0.139 e. The largest absolute Gasteiger partial charge is 0.488 e. The first-order valence-electron chi connectivity index (χ1n) is 7.02. The van der Waals surface area contributed by atoms with Crippen LogP contribution >= 0.6 is 34.8 Å². The highest BCUT2D eigenvalue weighted by molar-refractivity contribution is 6.43. The first-order valence-corrected chi connectivity index (χ1v) is 8.15. The predicted octanol–water partition coefficient (Wildman–Crippen LogP) is 5.11. The van der Waals surface area contributed by atoms with Gasteiger partial charge in [-0.25, -0.2) is 0 Å². The Labute approximate surface area is 134 Å². The summed E-state index contributed by atoms with van der Waals surface area (Å²) in [6.45, 7) is 0. The van der Waals surface area contributed by atoms with Crippen LogP contribution in [-0.4, -0.2) is 17.3 Å². The summed E-state index contributed by atoms with van der Waals surface area (Å²) in [5.41, 5.74) is -0.0896. The predicted molar refractivity (Wildman–Crippen MR) is 82.0 cm³/mol. The molecule has 3 rings (SSSR count). The quantitative estimate of drug-likeness (QED) is 0.761. The maximum atomic E-state index is 10.2. The van der Waals surface area contributed by atoms with Gasteiger partial charge in [0.25, 0.3) is 0 Å². The second-order valence-electron chi connectivity index (χ2n) is 5.85. The number of ether oxygens (including phenoxy) is 1. The van der Waals surface area contributed by atoms with Crippen molar-refractivity contribution < 1.29 is 9.84 Å². The van der Waals surface area contributed by atoms with E-state index in [4.69, 9.17) is 39.5 Å². The van der Waals surface area contributed by atoms with Crippen molar-refractivity contribution in [2.24, 2.45) is 5.41 Å². The molecule has 1 aromatic carbocycles. The SMILES string of the molecule is OC1CC(Oc2cc(Cl)c(Cl)cc2Cl)C12CCCCC2. The Hall–Kier alpha value is -0.150. The molecule has 110 valence electrons. The zero-order chi connectivity index (χ0) is 14.3. The van der Waals surface area contributed by atoms with Crippen molar-refractivity contribution in [3.8, 4) is 5.75 Å². The summed E-state index contributed by atoms with van der Waals surface area (Å²) in [5, 5.41) is 11.5. The van der Waals surface area contributed by atoms with Crippen molar-refractivity contribution in [1.82, 2.24) is 0 Å². The molecule has 2 atom stereocenters. The number of hydrogen-bond acceptors (Lipinski definition) is 2. The summed E-state index contributed by atoms with van der Waals surface area (Å²) in [6, 6.07) is 3.26. The topological polar surface area (TPSA) is 29.5 Å². The second-order valence-corrected chi connectivity index (χ2v) is 7.07. The first kappa shape index (κ1) is 14.8. The lowest BCUT2D eigenvalue weighted by atomic mass is 9.56. The molecule has 1 spiro atoms. The molecular formula is C15H17Cl3O2. The third kappa shape index (κ3) is 2.41. The summed E-state index contributed by atoms with van der Waals surface area (Å²) in [6.07, 6.45) is 6.04. The van der Waals surface area contributed by atoms with Crippen molar-refractivity contribution in [3.63, 3.8) is 0 Å². The Bertz CT molecular complexity index is 512. The van der Waals surface area contributed by atoms with Crippen LogP contribution in [0.25, 0.3) is 0 Å². The van der Waals surface area contributed by atoms with Gasteiger partial charge in [0.05, 0.1) is 21.2 Å². The van der Waals surface area contributed by atoms with E-state index < -0.39 is 0 Å². The van der Waals surface area contributed by atoms with E-state index in [-0.39, 0.29) is 17.6 Å². The van der Waals surface area contributed by atoms with E-state index in [2.05, 4.69) is 0 Å². The Kier molecular flexibility index (Phi) is 4.11. The third-order valence-corrected chi connectivity index (χ3v) is 5.79. The molecule has 20 heavy (non-hydrogen) atoms. The summed E-state index contributed by atoms with van der Waals surface area (Å²) in [7, 11) is 0. The van der Waals surface area contributed by atoms with Crippen molar-refractivity contribution in [3.05, 3.63) is 27.2 Å². The zero-order valence-electron chi connectivity index (χ0n) is 11.0. The molecule has 0 saturated heterocycles. The van der Waals surface area contributed by atoms with E-state index >= 15 is 0 Å². The minimum absolute atomic E-state index is 0.0209. The number of aliphatic hydroxyl groups is 1. The van der Waals surface area contributed by atoms with Crippen LogP contribution in [0.4, 0.5) is 0 Å². The molecule has 0 aliphatic heterocycles. The minimum Gasteiger partial charge on any atom is -0.488 e. The summed E-state index contributed by atoms with van der Waals surface area (Å²) in [5.74, 6) is 0.558. The van der Waals surface area contributed by atoms with Gasteiger partial charge in [0, 0.05) is 17.9 Å². The van der Waals surface area contributed by atoms with Crippen molar-refractivity contribution >= 4 is 34.8 Å². The van der Waals surface area contributed by atoms with Gasteiger partial charge < -0.3 is 9.84 Å². The van der Waals surface area contributed by atoms with Crippen molar-refractivity contribution in [1.29, 1.82) is 0 Å². The summed E-state index contributed by atoms with van der Waals surface area (Å²) in [4.78, 5) is 0. The molecule has 2 aliphatic rings. The molecule has 2 fully saturated rings. The molecule has 0 bridgehead atoms. The summed E-state index contributed by atoms with van der Waals surface area (Å²) < 4.78 is 6.05. The highest BCUT2D eigenvalue weighted by Gasteiger charge is 2.56. The normalized spacial score (nSPS) is 28.2. The van der Waals surface area contributed by atoms with E-state index in [1.807, 2.05) is 0 Å². The molecule has 1 N–H and O–H groups in total. The number of halogens is 3. The second kappa shape index (κ2) is 5.57. The van der Waals surface area contributed by atoms with Crippen LogP contribution in [0.15, 0.2) is 12.1 Å². The lowest BCUT2D eigenvalue weighted by Gasteiger charge is -2.55. The minimum atomic E-state index is -0.255. The van der Waals surface area contributed by atoms with Crippen LogP contribution < -0.4 is 4.74 Å². The van der Waals surface area contributed by atoms with Gasteiger partial charge in [0.2, 0.25) is 0 Å². The molecule has 2 aliphatic carbocycles. The summed E-state index contributed by atoms with van der Waals surface area (Å²) >= 11 is 18.1. The van der Waals surface area contributed by atoms with Gasteiger partial charge in [0.1, 0.15) is 11.9 Å².